The van der Waals surface area contributed by atoms with Gasteiger partial charge < -0.3 is 30.5 Å². The van der Waals surface area contributed by atoms with E-state index in [1.54, 1.807) is 6.92 Å². The number of carbonyl (C=O) groups is 1. The molecule has 16 heavy (non-hydrogen) atoms. The number of aliphatic hydroxyl groups is 4. The van der Waals surface area contributed by atoms with Gasteiger partial charge in [-0.1, -0.05) is 6.92 Å². The molecule has 7 nitrogen and oxygen atoms in total. The maximum atomic E-state index is 11.1. The Kier molecular flexibility index (Phi) is 4.63. The Morgan fingerprint density at radius 3 is 2.38 bits per heavy atom. The average Bonchev–Trinajstić information content (AvgIpc) is 2.29. The Morgan fingerprint density at radius 1 is 1.25 bits per heavy atom. The number of ether oxygens (including phenoxy) is 1. The Balaban J connectivity index is 2.67. The maximum Gasteiger partial charge on any atom is 0.221 e. The number of amides is 1. The molecule has 94 valence electrons. The van der Waals surface area contributed by atoms with Crippen molar-refractivity contribution in [1.82, 2.24) is 5.32 Å². The number of rotatable bonds is 3. The van der Waals surface area contributed by atoms with E-state index in [1.165, 1.54) is 0 Å². The summed E-state index contributed by atoms with van der Waals surface area (Å²) in [5.74, 6) is -0.357. The minimum absolute atomic E-state index is 0.203. The van der Waals surface area contributed by atoms with Crippen LogP contribution in [0.5, 0.6) is 0 Å². The molecule has 7 heteroatoms. The van der Waals surface area contributed by atoms with Gasteiger partial charge in [0.05, 0.1) is 6.61 Å². The molecule has 1 rings (SSSR count). The molecule has 0 aliphatic carbocycles. The van der Waals surface area contributed by atoms with Crippen LogP contribution in [0.2, 0.25) is 0 Å². The second-order valence-corrected chi connectivity index (χ2v) is 3.67. The quantitative estimate of drug-likeness (QED) is 0.363. The van der Waals surface area contributed by atoms with E-state index >= 15 is 0 Å². The van der Waals surface area contributed by atoms with Crippen LogP contribution in [0.4, 0.5) is 0 Å². The Morgan fingerprint density at radius 2 is 1.88 bits per heavy atom. The maximum absolute atomic E-state index is 11.1. The van der Waals surface area contributed by atoms with Gasteiger partial charge in [-0.2, -0.15) is 0 Å². The van der Waals surface area contributed by atoms with Crippen molar-refractivity contribution in [1.29, 1.82) is 0 Å². The lowest BCUT2D eigenvalue weighted by atomic mass is 9.98. The van der Waals surface area contributed by atoms with Gasteiger partial charge in [-0.3, -0.25) is 4.79 Å². The number of nitrogens with one attached hydrogen (secondary N) is 1. The summed E-state index contributed by atoms with van der Waals surface area (Å²) in [6, 6.07) is 0. The van der Waals surface area contributed by atoms with Crippen LogP contribution in [-0.4, -0.2) is 63.6 Å². The molecular formula is C9H17NO6. The highest BCUT2D eigenvalue weighted by molar-refractivity contribution is 5.75. The standard InChI is InChI=1S/C9H17NO6/c1-2-5(12)10-9-8(15)7(14)6(13)4(3-11)16-9/h4,6-9,11,13-15H,2-3H2,1H3,(H,10,12)/t4-,6+,7+,8-,9+/m0/s1. The molecule has 0 bridgehead atoms. The monoisotopic (exact) mass is 235 g/mol. The van der Waals surface area contributed by atoms with Crippen molar-refractivity contribution in [2.24, 2.45) is 0 Å². The summed E-state index contributed by atoms with van der Waals surface area (Å²) in [5.41, 5.74) is 0. The van der Waals surface area contributed by atoms with Crippen LogP contribution in [0.15, 0.2) is 0 Å². The number of hydrogen-bond donors (Lipinski definition) is 5. The summed E-state index contributed by atoms with van der Waals surface area (Å²) in [6.07, 6.45) is -6.21. The van der Waals surface area contributed by atoms with Gasteiger partial charge in [0.2, 0.25) is 5.91 Å². The van der Waals surface area contributed by atoms with Crippen molar-refractivity contribution in [2.75, 3.05) is 6.61 Å². The highest BCUT2D eigenvalue weighted by Gasteiger charge is 2.43. The lowest BCUT2D eigenvalue weighted by molar-refractivity contribution is -0.235. The summed E-state index contributed by atoms with van der Waals surface area (Å²) < 4.78 is 5.06. The van der Waals surface area contributed by atoms with E-state index < -0.39 is 37.3 Å². The number of hydrogen-bond acceptors (Lipinski definition) is 6. The zero-order valence-corrected chi connectivity index (χ0v) is 8.91. The molecular weight excluding hydrogens is 218 g/mol. The molecule has 0 aromatic carbocycles. The minimum Gasteiger partial charge on any atom is -0.394 e. The van der Waals surface area contributed by atoms with Crippen LogP contribution < -0.4 is 5.32 Å². The molecule has 0 unspecified atom stereocenters. The molecule has 5 atom stereocenters. The minimum atomic E-state index is -1.46. The first-order valence-corrected chi connectivity index (χ1v) is 5.11. The van der Waals surface area contributed by atoms with Crippen molar-refractivity contribution in [3.05, 3.63) is 0 Å². The Labute approximate surface area is 92.7 Å². The van der Waals surface area contributed by atoms with Crippen molar-refractivity contribution in [2.45, 2.75) is 44.0 Å². The molecule has 0 aromatic heterocycles. The van der Waals surface area contributed by atoms with E-state index in [-0.39, 0.29) is 12.3 Å². The van der Waals surface area contributed by atoms with Crippen molar-refractivity contribution in [3.63, 3.8) is 0 Å². The van der Waals surface area contributed by atoms with Gasteiger partial charge in [0, 0.05) is 6.42 Å². The van der Waals surface area contributed by atoms with Crippen LogP contribution in [0, 0.1) is 0 Å². The largest absolute Gasteiger partial charge is 0.394 e. The molecule has 1 fully saturated rings. The first-order valence-electron chi connectivity index (χ1n) is 5.11. The topological polar surface area (TPSA) is 119 Å². The van der Waals surface area contributed by atoms with Crippen LogP contribution in [0.1, 0.15) is 13.3 Å². The fraction of sp³-hybridized carbons (Fsp3) is 0.889. The molecule has 1 aliphatic heterocycles. The molecule has 1 aliphatic rings. The average molecular weight is 235 g/mol. The van der Waals surface area contributed by atoms with Gasteiger partial charge in [0.15, 0.2) is 6.23 Å². The summed E-state index contributed by atoms with van der Waals surface area (Å²) in [5, 5.41) is 39.6. The summed E-state index contributed by atoms with van der Waals surface area (Å²) in [4.78, 5) is 11.1. The third-order valence-electron chi connectivity index (χ3n) is 2.52. The SMILES string of the molecule is CCC(=O)N[C@@H]1O[C@@H](CO)[C@@H](O)[C@@H](O)[C@@H]1O. The van der Waals surface area contributed by atoms with Gasteiger partial charge in [0.1, 0.15) is 24.4 Å². The summed E-state index contributed by atoms with van der Waals surface area (Å²) in [7, 11) is 0. The molecule has 1 saturated heterocycles. The molecule has 1 heterocycles. The second-order valence-electron chi connectivity index (χ2n) is 3.67. The molecule has 1 amide bonds. The van der Waals surface area contributed by atoms with Gasteiger partial charge in [-0.25, -0.2) is 0 Å². The third kappa shape index (κ3) is 2.69. The zero-order valence-electron chi connectivity index (χ0n) is 8.91. The predicted octanol–water partition coefficient (Wildman–Crippen LogP) is -2.69. The van der Waals surface area contributed by atoms with E-state index in [9.17, 15) is 20.1 Å². The van der Waals surface area contributed by atoms with E-state index in [4.69, 9.17) is 9.84 Å². The fourth-order valence-corrected chi connectivity index (χ4v) is 1.48. The van der Waals surface area contributed by atoms with E-state index in [0.717, 1.165) is 0 Å². The van der Waals surface area contributed by atoms with Crippen LogP contribution in [0.25, 0.3) is 0 Å². The lowest BCUT2D eigenvalue weighted by Gasteiger charge is -2.40. The molecule has 0 saturated carbocycles. The first-order chi connectivity index (χ1) is 7.51. The van der Waals surface area contributed by atoms with Crippen molar-refractivity contribution < 1.29 is 30.0 Å². The lowest BCUT2D eigenvalue weighted by Crippen LogP contribution is -2.63. The number of carbonyl (C=O) groups excluding carboxylic acids is 1. The van der Waals surface area contributed by atoms with Gasteiger partial charge >= 0.3 is 0 Å². The third-order valence-corrected chi connectivity index (χ3v) is 2.52. The van der Waals surface area contributed by atoms with Gasteiger partial charge in [-0.15, -0.1) is 0 Å². The molecule has 0 spiro atoms. The molecule has 5 N–H and O–H groups in total. The summed E-state index contributed by atoms with van der Waals surface area (Å²) in [6.45, 7) is 1.11. The highest BCUT2D eigenvalue weighted by Crippen LogP contribution is 2.19. The highest BCUT2D eigenvalue weighted by atomic mass is 16.6. The molecule has 0 radical (unpaired) electrons. The summed E-state index contributed by atoms with van der Waals surface area (Å²) >= 11 is 0. The predicted molar refractivity (Wildman–Crippen MR) is 52.2 cm³/mol. The molecule has 0 aromatic rings. The Hall–Kier alpha value is -0.730. The normalized spacial score (nSPS) is 39.4. The van der Waals surface area contributed by atoms with E-state index in [0.29, 0.717) is 0 Å². The second kappa shape index (κ2) is 5.55. The Bertz CT molecular complexity index is 246. The number of aliphatic hydroxyl groups excluding tert-OH is 4. The van der Waals surface area contributed by atoms with E-state index in [1.807, 2.05) is 0 Å². The van der Waals surface area contributed by atoms with Crippen molar-refractivity contribution >= 4 is 5.91 Å². The van der Waals surface area contributed by atoms with Crippen molar-refractivity contribution in [3.8, 4) is 0 Å². The van der Waals surface area contributed by atoms with Crippen LogP contribution in [-0.2, 0) is 9.53 Å². The van der Waals surface area contributed by atoms with Crippen LogP contribution >= 0.6 is 0 Å². The fourth-order valence-electron chi connectivity index (χ4n) is 1.48. The van der Waals surface area contributed by atoms with Gasteiger partial charge in [-0.05, 0) is 0 Å². The van der Waals surface area contributed by atoms with Gasteiger partial charge in [0.25, 0.3) is 0 Å². The first kappa shape index (κ1) is 13.3. The van der Waals surface area contributed by atoms with Crippen LogP contribution in [0.3, 0.4) is 0 Å². The van der Waals surface area contributed by atoms with E-state index in [2.05, 4.69) is 5.32 Å². The zero-order chi connectivity index (χ0) is 12.3. The smallest absolute Gasteiger partial charge is 0.221 e.